The quantitative estimate of drug-likeness (QED) is 0.862. The van der Waals surface area contributed by atoms with Crippen LogP contribution in [0.25, 0.3) is 0 Å². The molecule has 7 nitrogen and oxygen atoms in total. The van der Waals surface area contributed by atoms with Crippen LogP contribution in [0.1, 0.15) is 20.3 Å². The molecule has 21 heavy (non-hydrogen) atoms. The van der Waals surface area contributed by atoms with Crippen molar-refractivity contribution in [1.82, 2.24) is 14.9 Å². The summed E-state index contributed by atoms with van der Waals surface area (Å²) in [6.07, 6.45) is 4.30. The second-order valence-corrected chi connectivity index (χ2v) is 5.39. The first-order chi connectivity index (χ1) is 10.0. The van der Waals surface area contributed by atoms with E-state index in [0.717, 1.165) is 31.9 Å². The van der Waals surface area contributed by atoms with Gasteiger partial charge < -0.3 is 14.7 Å². The van der Waals surface area contributed by atoms with E-state index in [4.69, 9.17) is 9.84 Å². The van der Waals surface area contributed by atoms with Gasteiger partial charge in [0.05, 0.1) is 25.0 Å². The molecule has 116 valence electrons. The lowest BCUT2D eigenvalue weighted by Crippen LogP contribution is -2.34. The van der Waals surface area contributed by atoms with Crippen LogP contribution >= 0.6 is 0 Å². The Hall–Kier alpha value is -1.89. The molecule has 0 radical (unpaired) electrons. The van der Waals surface area contributed by atoms with E-state index in [0.29, 0.717) is 12.4 Å². The van der Waals surface area contributed by atoms with Crippen molar-refractivity contribution in [2.75, 3.05) is 37.6 Å². The molecule has 1 aliphatic rings. The largest absolute Gasteiger partial charge is 0.480 e. The molecule has 1 aliphatic heterocycles. The molecule has 0 amide bonds. The number of hydrogen-bond acceptors (Lipinski definition) is 6. The maximum atomic E-state index is 10.8. The lowest BCUT2D eigenvalue weighted by molar-refractivity contribution is -0.138. The average molecular weight is 294 g/mol. The zero-order valence-corrected chi connectivity index (χ0v) is 12.5. The minimum absolute atomic E-state index is 0.0599. The van der Waals surface area contributed by atoms with Crippen LogP contribution in [-0.4, -0.2) is 64.8 Å². The highest BCUT2D eigenvalue weighted by Crippen LogP contribution is 2.16. The van der Waals surface area contributed by atoms with Gasteiger partial charge in [0.25, 0.3) is 0 Å². The Bertz CT molecular complexity index is 481. The van der Waals surface area contributed by atoms with Gasteiger partial charge in [-0.1, -0.05) is 0 Å². The minimum atomic E-state index is -0.782. The fraction of sp³-hybridized carbons (Fsp3) is 0.643. The molecule has 1 fully saturated rings. The Morgan fingerprint density at radius 2 is 2.14 bits per heavy atom. The second kappa shape index (κ2) is 7.21. The van der Waals surface area contributed by atoms with Gasteiger partial charge in [-0.3, -0.25) is 14.7 Å². The summed E-state index contributed by atoms with van der Waals surface area (Å²) in [5, 5.41) is 8.87. The molecule has 7 heteroatoms. The number of anilines is 1. The van der Waals surface area contributed by atoms with Crippen LogP contribution in [0, 0.1) is 0 Å². The molecule has 2 rings (SSSR count). The first-order valence-electron chi connectivity index (χ1n) is 7.22. The summed E-state index contributed by atoms with van der Waals surface area (Å²) in [6, 6.07) is 0. The van der Waals surface area contributed by atoms with Gasteiger partial charge in [-0.05, 0) is 20.3 Å². The standard InChI is InChI=1S/C14H22N4O3/c1-11(2)21-13-9-15-8-12(16-13)18-5-3-4-17(6-7-18)10-14(19)20/h8-9,11H,3-7,10H2,1-2H3,(H,19,20). The van der Waals surface area contributed by atoms with Crippen LogP contribution in [-0.2, 0) is 4.79 Å². The predicted octanol–water partition coefficient (Wildman–Crippen LogP) is 0.860. The van der Waals surface area contributed by atoms with Crippen LogP contribution in [0.2, 0.25) is 0 Å². The molecule has 0 atom stereocenters. The molecule has 2 heterocycles. The van der Waals surface area contributed by atoms with Gasteiger partial charge in [-0.2, -0.15) is 4.98 Å². The normalized spacial score (nSPS) is 16.8. The Morgan fingerprint density at radius 3 is 2.86 bits per heavy atom. The van der Waals surface area contributed by atoms with Crippen molar-refractivity contribution < 1.29 is 14.6 Å². The Labute approximate surface area is 124 Å². The van der Waals surface area contributed by atoms with E-state index >= 15 is 0 Å². The zero-order valence-electron chi connectivity index (χ0n) is 12.5. The van der Waals surface area contributed by atoms with Gasteiger partial charge in [-0.15, -0.1) is 0 Å². The summed E-state index contributed by atoms with van der Waals surface area (Å²) in [7, 11) is 0. The van der Waals surface area contributed by atoms with Crippen molar-refractivity contribution in [1.29, 1.82) is 0 Å². The highest BCUT2D eigenvalue weighted by atomic mass is 16.5. The van der Waals surface area contributed by atoms with Gasteiger partial charge >= 0.3 is 5.97 Å². The molecular weight excluding hydrogens is 272 g/mol. The summed E-state index contributed by atoms with van der Waals surface area (Å²) < 4.78 is 5.56. The monoisotopic (exact) mass is 294 g/mol. The fourth-order valence-electron chi connectivity index (χ4n) is 2.34. The number of nitrogens with zero attached hydrogens (tertiary/aromatic N) is 4. The lowest BCUT2D eigenvalue weighted by atomic mass is 10.4. The smallest absolute Gasteiger partial charge is 0.317 e. The molecule has 1 saturated heterocycles. The first-order valence-corrected chi connectivity index (χ1v) is 7.22. The van der Waals surface area contributed by atoms with Crippen LogP contribution in [0.5, 0.6) is 5.88 Å². The molecule has 0 aromatic carbocycles. The summed E-state index contributed by atoms with van der Waals surface area (Å²) in [4.78, 5) is 23.5. The maximum Gasteiger partial charge on any atom is 0.317 e. The number of aromatic nitrogens is 2. The number of rotatable bonds is 5. The molecule has 0 unspecified atom stereocenters. The molecule has 0 aliphatic carbocycles. The number of carboxylic acids is 1. The minimum Gasteiger partial charge on any atom is -0.480 e. The van der Waals surface area contributed by atoms with E-state index in [1.165, 1.54) is 0 Å². The number of hydrogen-bond donors (Lipinski definition) is 1. The Kier molecular flexibility index (Phi) is 5.32. The summed E-state index contributed by atoms with van der Waals surface area (Å²) in [5.74, 6) is 0.523. The van der Waals surface area contributed by atoms with E-state index in [9.17, 15) is 4.79 Å². The maximum absolute atomic E-state index is 10.8. The zero-order chi connectivity index (χ0) is 15.2. The van der Waals surface area contributed by atoms with Crippen molar-refractivity contribution in [3.63, 3.8) is 0 Å². The van der Waals surface area contributed by atoms with Gasteiger partial charge in [0.15, 0.2) is 5.82 Å². The van der Waals surface area contributed by atoms with E-state index in [-0.39, 0.29) is 12.6 Å². The van der Waals surface area contributed by atoms with Crippen molar-refractivity contribution >= 4 is 11.8 Å². The van der Waals surface area contributed by atoms with E-state index < -0.39 is 5.97 Å². The molecule has 0 saturated carbocycles. The highest BCUT2D eigenvalue weighted by Gasteiger charge is 2.18. The van der Waals surface area contributed by atoms with Crippen molar-refractivity contribution in [2.45, 2.75) is 26.4 Å². The topological polar surface area (TPSA) is 78.8 Å². The Morgan fingerprint density at radius 1 is 1.33 bits per heavy atom. The van der Waals surface area contributed by atoms with E-state index in [1.54, 1.807) is 12.4 Å². The average Bonchev–Trinajstić information content (AvgIpc) is 2.63. The summed E-state index contributed by atoms with van der Waals surface area (Å²) in [5.41, 5.74) is 0. The van der Waals surface area contributed by atoms with Crippen LogP contribution in [0.4, 0.5) is 5.82 Å². The summed E-state index contributed by atoms with van der Waals surface area (Å²) in [6.45, 7) is 7.08. The summed E-state index contributed by atoms with van der Waals surface area (Å²) >= 11 is 0. The third-order valence-electron chi connectivity index (χ3n) is 3.23. The molecule has 0 spiro atoms. The SMILES string of the molecule is CC(C)Oc1cncc(N2CCCN(CC(=O)O)CC2)n1. The van der Waals surface area contributed by atoms with Crippen LogP contribution < -0.4 is 9.64 Å². The number of carboxylic acid groups (broad SMARTS) is 1. The highest BCUT2D eigenvalue weighted by molar-refractivity contribution is 5.69. The third-order valence-corrected chi connectivity index (χ3v) is 3.23. The lowest BCUT2D eigenvalue weighted by Gasteiger charge is -2.22. The van der Waals surface area contributed by atoms with Crippen molar-refractivity contribution in [3.8, 4) is 5.88 Å². The Balaban J connectivity index is 2.00. The number of aliphatic carboxylic acids is 1. The number of ether oxygens (including phenoxy) is 1. The van der Waals surface area contributed by atoms with Crippen LogP contribution in [0.15, 0.2) is 12.4 Å². The first kappa shape index (κ1) is 15.5. The van der Waals surface area contributed by atoms with Gasteiger partial charge in [0.1, 0.15) is 0 Å². The molecule has 1 aromatic heterocycles. The van der Waals surface area contributed by atoms with Crippen molar-refractivity contribution in [3.05, 3.63) is 12.4 Å². The van der Waals surface area contributed by atoms with Gasteiger partial charge in [0.2, 0.25) is 5.88 Å². The molecular formula is C14H22N4O3. The van der Waals surface area contributed by atoms with Crippen LogP contribution in [0.3, 0.4) is 0 Å². The molecule has 1 N–H and O–H groups in total. The van der Waals surface area contributed by atoms with Gasteiger partial charge in [0, 0.05) is 26.2 Å². The third kappa shape index (κ3) is 4.86. The number of carbonyl (C=O) groups is 1. The van der Waals surface area contributed by atoms with Crippen molar-refractivity contribution in [2.24, 2.45) is 0 Å². The molecule has 1 aromatic rings. The second-order valence-electron chi connectivity index (χ2n) is 5.39. The van der Waals surface area contributed by atoms with E-state index in [1.807, 2.05) is 18.7 Å². The fourth-order valence-corrected chi connectivity index (χ4v) is 2.34. The molecule has 0 bridgehead atoms. The predicted molar refractivity (Wildman–Crippen MR) is 78.7 cm³/mol. The van der Waals surface area contributed by atoms with E-state index in [2.05, 4.69) is 14.9 Å². The van der Waals surface area contributed by atoms with Gasteiger partial charge in [-0.25, -0.2) is 0 Å².